The van der Waals surface area contributed by atoms with Gasteiger partial charge in [-0.25, -0.2) is 4.79 Å². The minimum atomic E-state index is -0.975. The van der Waals surface area contributed by atoms with E-state index < -0.39 is 11.4 Å². The highest BCUT2D eigenvalue weighted by Crippen LogP contribution is 2.36. The lowest BCUT2D eigenvalue weighted by Crippen LogP contribution is -2.48. The molecule has 1 aromatic heterocycles. The number of aromatic carboxylic acids is 1. The maximum Gasteiger partial charge on any atom is 0.335 e. The van der Waals surface area contributed by atoms with Gasteiger partial charge in [0.15, 0.2) is 0 Å². The van der Waals surface area contributed by atoms with E-state index in [1.807, 2.05) is 43.3 Å². The van der Waals surface area contributed by atoms with Gasteiger partial charge in [-0.1, -0.05) is 30.3 Å². The van der Waals surface area contributed by atoms with Crippen molar-refractivity contribution in [3.8, 4) is 5.75 Å². The number of rotatable bonds is 8. The van der Waals surface area contributed by atoms with Crippen LogP contribution in [0.2, 0.25) is 0 Å². The summed E-state index contributed by atoms with van der Waals surface area (Å²) in [6.45, 7) is 3.34. The lowest BCUT2D eigenvalue weighted by Gasteiger charge is -2.37. The van der Waals surface area contributed by atoms with E-state index in [-0.39, 0.29) is 17.5 Å². The number of carboxylic acid groups (broad SMARTS) is 1. The van der Waals surface area contributed by atoms with Crippen LogP contribution in [0.15, 0.2) is 73.1 Å². The summed E-state index contributed by atoms with van der Waals surface area (Å²) in [6.07, 6.45) is 4.66. The van der Waals surface area contributed by atoms with Gasteiger partial charge < -0.3 is 19.9 Å². The Labute approximate surface area is 198 Å². The second-order valence-electron chi connectivity index (χ2n) is 8.49. The number of hydrogen-bond acceptors (Lipinski definition) is 5. The standard InChI is InChI=1S/C27H28N2O5/c1-19(21-4-6-22(7-5-21)25(30)31)29-26(32)27(12-15-33-16-13-27)23-8-10-24(11-9-23)34-18-20-3-2-14-28-17-20/h2-11,14,17,19H,12-13,15-16,18H2,1H3,(H,29,32)(H,30,31). The molecule has 7 heteroatoms. The van der Waals surface area contributed by atoms with E-state index in [0.717, 1.165) is 22.4 Å². The zero-order valence-corrected chi connectivity index (χ0v) is 19.1. The summed E-state index contributed by atoms with van der Waals surface area (Å²) in [5.41, 5.74) is 2.27. The quantitative estimate of drug-likeness (QED) is 0.521. The fourth-order valence-corrected chi connectivity index (χ4v) is 4.22. The van der Waals surface area contributed by atoms with E-state index in [0.29, 0.717) is 32.7 Å². The van der Waals surface area contributed by atoms with Crippen LogP contribution in [-0.4, -0.2) is 35.2 Å². The molecular weight excluding hydrogens is 432 g/mol. The Balaban J connectivity index is 1.48. The fraction of sp³-hybridized carbons (Fsp3) is 0.296. The van der Waals surface area contributed by atoms with Crippen molar-refractivity contribution in [2.75, 3.05) is 13.2 Å². The molecule has 1 fully saturated rings. The Bertz CT molecular complexity index is 1110. The molecule has 34 heavy (non-hydrogen) atoms. The third kappa shape index (κ3) is 5.26. The monoisotopic (exact) mass is 460 g/mol. The number of amides is 1. The lowest BCUT2D eigenvalue weighted by atomic mass is 9.73. The summed E-state index contributed by atoms with van der Waals surface area (Å²) in [5, 5.41) is 12.2. The van der Waals surface area contributed by atoms with Crippen LogP contribution in [-0.2, 0) is 21.6 Å². The molecule has 176 valence electrons. The average molecular weight is 461 g/mol. The van der Waals surface area contributed by atoms with Gasteiger partial charge in [-0.3, -0.25) is 9.78 Å². The van der Waals surface area contributed by atoms with E-state index in [2.05, 4.69) is 10.3 Å². The number of carbonyl (C=O) groups is 2. The van der Waals surface area contributed by atoms with Crippen molar-refractivity contribution >= 4 is 11.9 Å². The number of pyridine rings is 1. The second-order valence-corrected chi connectivity index (χ2v) is 8.49. The number of hydrogen-bond donors (Lipinski definition) is 2. The van der Waals surface area contributed by atoms with Gasteiger partial charge in [-0.05, 0) is 61.2 Å². The summed E-state index contributed by atoms with van der Waals surface area (Å²) >= 11 is 0. The zero-order valence-electron chi connectivity index (χ0n) is 19.1. The van der Waals surface area contributed by atoms with E-state index in [4.69, 9.17) is 14.6 Å². The van der Waals surface area contributed by atoms with E-state index in [9.17, 15) is 9.59 Å². The molecule has 1 unspecified atom stereocenters. The van der Waals surface area contributed by atoms with Crippen LogP contribution in [0, 0.1) is 0 Å². The summed E-state index contributed by atoms with van der Waals surface area (Å²) in [5.74, 6) is -0.311. The van der Waals surface area contributed by atoms with Gasteiger partial charge in [0.05, 0.1) is 17.0 Å². The molecule has 2 heterocycles. The van der Waals surface area contributed by atoms with Crippen molar-refractivity contribution in [1.29, 1.82) is 0 Å². The Morgan fingerprint density at radius 2 is 1.79 bits per heavy atom. The molecule has 1 aliphatic heterocycles. The summed E-state index contributed by atoms with van der Waals surface area (Å²) in [7, 11) is 0. The molecule has 4 rings (SSSR count). The molecule has 0 aliphatic carbocycles. The first-order valence-electron chi connectivity index (χ1n) is 11.3. The number of nitrogens with zero attached hydrogens (tertiary/aromatic N) is 1. The highest BCUT2D eigenvalue weighted by molar-refractivity contribution is 5.89. The van der Waals surface area contributed by atoms with Crippen LogP contribution < -0.4 is 10.1 Å². The number of carboxylic acids is 1. The van der Waals surface area contributed by atoms with E-state index in [1.54, 1.807) is 36.7 Å². The first-order chi connectivity index (χ1) is 16.5. The molecule has 0 saturated carbocycles. The largest absolute Gasteiger partial charge is 0.489 e. The molecule has 3 aromatic rings. The molecule has 1 amide bonds. The van der Waals surface area contributed by atoms with Gasteiger partial charge in [0.1, 0.15) is 12.4 Å². The van der Waals surface area contributed by atoms with Crippen LogP contribution in [0.5, 0.6) is 5.75 Å². The maximum absolute atomic E-state index is 13.6. The third-order valence-corrected chi connectivity index (χ3v) is 6.32. The molecule has 1 aliphatic rings. The fourth-order valence-electron chi connectivity index (χ4n) is 4.22. The average Bonchev–Trinajstić information content (AvgIpc) is 2.88. The normalized spacial score (nSPS) is 15.8. The van der Waals surface area contributed by atoms with E-state index in [1.165, 1.54) is 0 Å². The van der Waals surface area contributed by atoms with Gasteiger partial charge in [0.2, 0.25) is 5.91 Å². The molecule has 7 nitrogen and oxygen atoms in total. The Morgan fingerprint density at radius 3 is 2.41 bits per heavy atom. The molecule has 2 aromatic carbocycles. The zero-order chi connectivity index (χ0) is 24.0. The van der Waals surface area contributed by atoms with Gasteiger partial charge in [0.25, 0.3) is 0 Å². The predicted octanol–water partition coefficient (Wildman–Crippen LogP) is 4.28. The van der Waals surface area contributed by atoms with Crippen LogP contribution >= 0.6 is 0 Å². The van der Waals surface area contributed by atoms with Crippen molar-refractivity contribution < 1.29 is 24.2 Å². The summed E-state index contributed by atoms with van der Waals surface area (Å²) in [6, 6.07) is 17.8. The summed E-state index contributed by atoms with van der Waals surface area (Å²) in [4.78, 5) is 28.8. The number of nitrogens with one attached hydrogen (secondary N) is 1. The smallest absolute Gasteiger partial charge is 0.335 e. The van der Waals surface area contributed by atoms with Crippen LogP contribution in [0.3, 0.4) is 0 Å². The maximum atomic E-state index is 13.6. The van der Waals surface area contributed by atoms with Gasteiger partial charge in [-0.15, -0.1) is 0 Å². The highest BCUT2D eigenvalue weighted by Gasteiger charge is 2.42. The molecule has 1 saturated heterocycles. The van der Waals surface area contributed by atoms with Crippen LogP contribution in [0.1, 0.15) is 52.9 Å². The molecule has 0 spiro atoms. The number of carbonyl (C=O) groups excluding carboxylic acids is 1. The number of benzene rings is 2. The number of ether oxygens (including phenoxy) is 2. The molecule has 0 bridgehead atoms. The Kier molecular flexibility index (Phi) is 7.23. The van der Waals surface area contributed by atoms with Crippen LogP contribution in [0.25, 0.3) is 0 Å². The van der Waals surface area contributed by atoms with Gasteiger partial charge in [0, 0.05) is 31.2 Å². The lowest BCUT2D eigenvalue weighted by molar-refractivity contribution is -0.131. The highest BCUT2D eigenvalue weighted by atomic mass is 16.5. The van der Waals surface area contributed by atoms with E-state index >= 15 is 0 Å². The first-order valence-corrected chi connectivity index (χ1v) is 11.3. The minimum Gasteiger partial charge on any atom is -0.489 e. The van der Waals surface area contributed by atoms with Crippen molar-refractivity contribution in [2.45, 2.75) is 37.8 Å². The van der Waals surface area contributed by atoms with Gasteiger partial charge >= 0.3 is 5.97 Å². The van der Waals surface area contributed by atoms with Crippen molar-refractivity contribution in [1.82, 2.24) is 10.3 Å². The summed E-state index contributed by atoms with van der Waals surface area (Å²) < 4.78 is 11.4. The Hall–Kier alpha value is -3.71. The second kappa shape index (κ2) is 10.5. The SMILES string of the molecule is CC(NC(=O)C1(c2ccc(OCc3cccnc3)cc2)CCOCC1)c1ccc(C(=O)O)cc1. The van der Waals surface area contributed by atoms with Crippen molar-refractivity contribution in [2.24, 2.45) is 0 Å². The molecule has 2 N–H and O–H groups in total. The molecular formula is C27H28N2O5. The topological polar surface area (TPSA) is 97.8 Å². The molecule has 1 atom stereocenters. The Morgan fingerprint density at radius 1 is 1.09 bits per heavy atom. The molecule has 0 radical (unpaired) electrons. The van der Waals surface area contributed by atoms with Crippen molar-refractivity contribution in [3.63, 3.8) is 0 Å². The first kappa shape index (κ1) is 23.4. The number of aromatic nitrogens is 1. The minimum absolute atomic E-state index is 0.0605. The van der Waals surface area contributed by atoms with Crippen LogP contribution in [0.4, 0.5) is 0 Å². The van der Waals surface area contributed by atoms with Gasteiger partial charge in [-0.2, -0.15) is 0 Å². The predicted molar refractivity (Wildman–Crippen MR) is 127 cm³/mol. The third-order valence-electron chi connectivity index (χ3n) is 6.32. The van der Waals surface area contributed by atoms with Crippen molar-refractivity contribution in [3.05, 3.63) is 95.3 Å².